The second kappa shape index (κ2) is 10.1. The smallest absolute Gasteiger partial charge is 0.207 e. The second-order valence-corrected chi connectivity index (χ2v) is 8.72. The molecule has 0 aliphatic rings. The zero-order valence-electron chi connectivity index (χ0n) is 19.9. The molecule has 0 N–H and O–H groups in total. The molecule has 0 atom stereocenters. The quantitative estimate of drug-likeness (QED) is 0.207. The van der Waals surface area contributed by atoms with Gasteiger partial charge in [-0.3, -0.25) is 0 Å². The van der Waals surface area contributed by atoms with Crippen LogP contribution in [-0.2, 0) is 24.7 Å². The molecule has 0 radical (unpaired) electrons. The SMILES string of the molecule is Fc1ccc(-c2ccc(-c3cccc(C(F)(F)F)c3C(F)(F)F)c(-c3cccc(C(F)(F)F)c3)c2C(F)(F)F)cc1. The summed E-state index contributed by atoms with van der Waals surface area (Å²) in [4.78, 5) is 0. The Hall–Kier alpha value is -4.03. The van der Waals surface area contributed by atoms with Crippen molar-refractivity contribution in [2.24, 2.45) is 0 Å². The van der Waals surface area contributed by atoms with Crippen molar-refractivity contribution in [1.82, 2.24) is 0 Å². The molecule has 0 aliphatic carbocycles. The third-order valence-electron chi connectivity index (χ3n) is 6.07. The molecule has 0 nitrogen and oxygen atoms in total. The number of halogens is 13. The van der Waals surface area contributed by atoms with E-state index < -0.39 is 80.6 Å². The second-order valence-electron chi connectivity index (χ2n) is 8.72. The molecule has 0 spiro atoms. The summed E-state index contributed by atoms with van der Waals surface area (Å²) in [5.74, 6) is -0.851. The van der Waals surface area contributed by atoms with Gasteiger partial charge in [0.25, 0.3) is 0 Å². The Balaban J connectivity index is 2.23. The molecule has 0 bridgehead atoms. The first-order valence-corrected chi connectivity index (χ1v) is 11.3. The minimum absolute atomic E-state index is 0.0911. The summed E-state index contributed by atoms with van der Waals surface area (Å²) in [5.41, 5.74) is -13.2. The lowest BCUT2D eigenvalue weighted by Crippen LogP contribution is -2.18. The first-order chi connectivity index (χ1) is 18.8. The highest BCUT2D eigenvalue weighted by molar-refractivity contribution is 5.92. The first-order valence-electron chi connectivity index (χ1n) is 11.3. The maximum absolute atomic E-state index is 14.7. The van der Waals surface area contributed by atoms with E-state index in [1.165, 1.54) is 0 Å². The Kier molecular flexibility index (Phi) is 7.38. The van der Waals surface area contributed by atoms with Gasteiger partial charge in [-0.15, -0.1) is 0 Å². The maximum atomic E-state index is 14.7. The molecule has 41 heavy (non-hydrogen) atoms. The summed E-state index contributed by atoms with van der Waals surface area (Å²) in [6.07, 6.45) is -21.9. The fourth-order valence-corrected chi connectivity index (χ4v) is 4.46. The lowest BCUT2D eigenvalue weighted by atomic mass is 9.83. The third kappa shape index (κ3) is 6.03. The van der Waals surface area contributed by atoms with Gasteiger partial charge in [-0.1, -0.05) is 48.5 Å². The van der Waals surface area contributed by atoms with Crippen LogP contribution < -0.4 is 0 Å². The van der Waals surface area contributed by atoms with Gasteiger partial charge >= 0.3 is 24.7 Å². The van der Waals surface area contributed by atoms with Crippen LogP contribution in [0.5, 0.6) is 0 Å². The van der Waals surface area contributed by atoms with Crippen molar-refractivity contribution in [2.75, 3.05) is 0 Å². The van der Waals surface area contributed by atoms with Crippen LogP contribution in [0.4, 0.5) is 57.1 Å². The van der Waals surface area contributed by atoms with Crippen molar-refractivity contribution in [3.8, 4) is 33.4 Å². The van der Waals surface area contributed by atoms with Gasteiger partial charge in [0.15, 0.2) is 0 Å². The van der Waals surface area contributed by atoms with Crippen LogP contribution in [0.3, 0.4) is 0 Å². The molecule has 0 fully saturated rings. The Labute approximate surface area is 222 Å². The first kappa shape index (κ1) is 29.9. The standard InChI is InChI=1S/C28H13F13/c29-17-9-7-14(8-10-17)18-11-12-19(20-5-2-6-21(26(33,34)35)23(20)27(36,37)38)22(24(18)28(39,40)41)15-3-1-4-16(13-15)25(30,31)32/h1-13H. The van der Waals surface area contributed by atoms with Crippen molar-refractivity contribution < 1.29 is 57.1 Å². The van der Waals surface area contributed by atoms with E-state index in [2.05, 4.69) is 0 Å². The fraction of sp³-hybridized carbons (Fsp3) is 0.143. The van der Waals surface area contributed by atoms with E-state index in [1.54, 1.807) is 0 Å². The van der Waals surface area contributed by atoms with E-state index >= 15 is 0 Å². The van der Waals surface area contributed by atoms with Gasteiger partial charge in [0.2, 0.25) is 0 Å². The lowest BCUT2D eigenvalue weighted by molar-refractivity contribution is -0.161. The molecular weight excluding hydrogens is 583 g/mol. The molecule has 0 aromatic heterocycles. The van der Waals surface area contributed by atoms with E-state index in [0.29, 0.717) is 36.4 Å². The summed E-state index contributed by atoms with van der Waals surface area (Å²) >= 11 is 0. The van der Waals surface area contributed by atoms with Crippen molar-refractivity contribution >= 4 is 0 Å². The van der Waals surface area contributed by atoms with Gasteiger partial charge in [-0.25, -0.2) is 4.39 Å². The van der Waals surface area contributed by atoms with E-state index in [4.69, 9.17) is 0 Å². The van der Waals surface area contributed by atoms with E-state index in [1.807, 2.05) is 0 Å². The molecule has 0 heterocycles. The Morgan fingerprint density at radius 1 is 0.415 bits per heavy atom. The van der Waals surface area contributed by atoms with Gasteiger partial charge in [0, 0.05) is 5.56 Å². The average molecular weight is 596 g/mol. The summed E-state index contributed by atoms with van der Waals surface area (Å²) in [6.45, 7) is 0. The Bertz CT molecular complexity index is 1570. The van der Waals surface area contributed by atoms with Gasteiger partial charge in [-0.05, 0) is 58.1 Å². The van der Waals surface area contributed by atoms with Gasteiger partial charge < -0.3 is 0 Å². The van der Waals surface area contributed by atoms with Crippen LogP contribution in [0.15, 0.2) is 78.9 Å². The fourth-order valence-electron chi connectivity index (χ4n) is 4.46. The van der Waals surface area contributed by atoms with Gasteiger partial charge in [-0.2, -0.15) is 52.7 Å². The Morgan fingerprint density at radius 3 is 1.51 bits per heavy atom. The number of rotatable bonds is 3. The number of hydrogen-bond donors (Lipinski definition) is 0. The zero-order valence-corrected chi connectivity index (χ0v) is 19.9. The summed E-state index contributed by atoms with van der Waals surface area (Å²) in [5, 5.41) is 0. The molecule has 13 heteroatoms. The molecule has 4 aromatic rings. The molecule has 0 aliphatic heterocycles. The number of hydrogen-bond acceptors (Lipinski definition) is 0. The molecule has 4 aromatic carbocycles. The van der Waals surface area contributed by atoms with Crippen molar-refractivity contribution in [3.05, 3.63) is 107 Å². The van der Waals surface area contributed by atoms with Crippen LogP contribution >= 0.6 is 0 Å². The van der Waals surface area contributed by atoms with Crippen molar-refractivity contribution in [3.63, 3.8) is 0 Å². The molecule has 0 unspecified atom stereocenters. The largest absolute Gasteiger partial charge is 0.417 e. The van der Waals surface area contributed by atoms with Crippen LogP contribution in [0.25, 0.3) is 33.4 Å². The van der Waals surface area contributed by atoms with E-state index in [-0.39, 0.29) is 17.7 Å². The van der Waals surface area contributed by atoms with Gasteiger partial charge in [0.1, 0.15) is 5.82 Å². The summed E-state index contributed by atoms with van der Waals surface area (Å²) < 4.78 is 181. The summed E-state index contributed by atoms with van der Waals surface area (Å²) in [6, 6.07) is 8.07. The van der Waals surface area contributed by atoms with Crippen molar-refractivity contribution in [2.45, 2.75) is 24.7 Å². The molecule has 216 valence electrons. The van der Waals surface area contributed by atoms with Crippen LogP contribution in [0.1, 0.15) is 22.3 Å². The molecule has 4 rings (SSSR count). The molecule has 0 amide bonds. The average Bonchev–Trinajstić information content (AvgIpc) is 2.86. The highest BCUT2D eigenvalue weighted by atomic mass is 19.4. The minimum Gasteiger partial charge on any atom is -0.207 e. The highest BCUT2D eigenvalue weighted by Gasteiger charge is 2.46. The highest BCUT2D eigenvalue weighted by Crippen LogP contribution is 2.52. The predicted molar refractivity (Wildman–Crippen MR) is 123 cm³/mol. The third-order valence-corrected chi connectivity index (χ3v) is 6.07. The lowest BCUT2D eigenvalue weighted by Gasteiger charge is -2.25. The van der Waals surface area contributed by atoms with E-state index in [9.17, 15) is 57.1 Å². The zero-order chi connectivity index (χ0) is 30.5. The normalized spacial score (nSPS) is 13.0. The summed E-state index contributed by atoms with van der Waals surface area (Å²) in [7, 11) is 0. The molecular formula is C28H13F13. The molecule has 0 saturated carbocycles. The van der Waals surface area contributed by atoms with E-state index in [0.717, 1.165) is 30.3 Å². The van der Waals surface area contributed by atoms with Crippen LogP contribution in [-0.4, -0.2) is 0 Å². The minimum atomic E-state index is -5.74. The monoisotopic (exact) mass is 596 g/mol. The van der Waals surface area contributed by atoms with Gasteiger partial charge in [0.05, 0.1) is 22.3 Å². The Morgan fingerprint density at radius 2 is 0.976 bits per heavy atom. The number of benzene rings is 4. The predicted octanol–water partition coefficient (Wildman–Crippen LogP) is 10.9. The number of alkyl halides is 12. The van der Waals surface area contributed by atoms with Crippen molar-refractivity contribution in [1.29, 1.82) is 0 Å². The topological polar surface area (TPSA) is 0 Å². The molecule has 0 saturated heterocycles. The maximum Gasteiger partial charge on any atom is 0.417 e. The van der Waals surface area contributed by atoms with Crippen LogP contribution in [0.2, 0.25) is 0 Å². The van der Waals surface area contributed by atoms with Crippen LogP contribution in [0, 0.1) is 5.82 Å².